The average Bonchev–Trinajstić information content (AvgIpc) is 2.58. The Morgan fingerprint density at radius 3 is 2.19 bits per heavy atom. The van der Waals surface area contributed by atoms with Crippen molar-refractivity contribution in [2.75, 3.05) is 0 Å². The van der Waals surface area contributed by atoms with Crippen LogP contribution >= 0.6 is 0 Å². The van der Waals surface area contributed by atoms with Crippen LogP contribution in [0.4, 0.5) is 0 Å². The molecule has 0 saturated carbocycles. The summed E-state index contributed by atoms with van der Waals surface area (Å²) in [7, 11) is 3.93. The molecule has 0 fully saturated rings. The second kappa shape index (κ2) is 12.7. The Labute approximate surface area is 189 Å². The van der Waals surface area contributed by atoms with Crippen molar-refractivity contribution >= 4 is 6.21 Å². The molecule has 1 N–H and O–H groups in total. The Morgan fingerprint density at radius 1 is 0.885 bits per heavy atom. The van der Waals surface area contributed by atoms with Gasteiger partial charge < -0.3 is 53.2 Å². The molecule has 0 saturated heterocycles. The Kier molecular flexibility index (Phi) is 12.0. The van der Waals surface area contributed by atoms with Crippen LogP contribution in [0, 0.1) is 6.92 Å². The fourth-order valence-corrected chi connectivity index (χ4v) is 2.37. The number of aryl methyl sites for hydroxylation is 3. The van der Waals surface area contributed by atoms with E-state index in [-0.39, 0.29) is 48.0 Å². The third-order valence-electron chi connectivity index (χ3n) is 3.68. The van der Waals surface area contributed by atoms with Crippen LogP contribution < -0.4 is 57.1 Å². The minimum atomic E-state index is 0. The first-order valence-corrected chi connectivity index (χ1v) is 7.75. The topological polar surface area (TPSA) is 40.4 Å². The van der Waals surface area contributed by atoms with Crippen molar-refractivity contribution in [1.29, 1.82) is 0 Å². The molecule has 0 unspecified atom stereocenters. The lowest BCUT2D eigenvalue weighted by molar-refractivity contribution is -0.672. The molecule has 0 aliphatic heterocycles. The summed E-state index contributed by atoms with van der Waals surface area (Å²) in [4.78, 5) is 0. The van der Waals surface area contributed by atoms with Gasteiger partial charge in [0.15, 0.2) is 18.6 Å². The molecule has 0 atom stereocenters. The van der Waals surface area contributed by atoms with Gasteiger partial charge in [0.2, 0.25) is 5.69 Å². The van der Waals surface area contributed by atoms with Crippen LogP contribution in [0.2, 0.25) is 0 Å². The number of hydrogen-bond acceptors (Lipinski definition) is 2. The third-order valence-corrected chi connectivity index (χ3v) is 3.68. The molecule has 0 aliphatic carbocycles. The van der Waals surface area contributed by atoms with E-state index in [1.807, 2.05) is 49.3 Å². The van der Waals surface area contributed by atoms with Crippen LogP contribution in [-0.4, -0.2) is 11.4 Å². The lowest BCUT2D eigenvalue weighted by Crippen LogP contribution is -3.00. The summed E-state index contributed by atoms with van der Waals surface area (Å²) in [6, 6.07) is 18.3. The molecule has 3 aromatic rings. The van der Waals surface area contributed by atoms with Gasteiger partial charge in [-0.3, -0.25) is 0 Å². The van der Waals surface area contributed by atoms with Crippen molar-refractivity contribution in [1.82, 2.24) is 0 Å². The monoisotopic (exact) mass is 575 g/mol. The van der Waals surface area contributed by atoms with Crippen molar-refractivity contribution in [3.05, 3.63) is 84.4 Å². The molecular weight excluding hydrogens is 552 g/mol. The van der Waals surface area contributed by atoms with Gasteiger partial charge in [0, 0.05) is 23.8 Å². The maximum absolute atomic E-state index is 8.20. The molecule has 0 radical (unpaired) electrons. The maximum Gasteiger partial charge on any atom is 0.226 e. The molecule has 2 aromatic heterocycles. The Balaban J connectivity index is 0.000000469. The summed E-state index contributed by atoms with van der Waals surface area (Å²) in [6.45, 7) is 2.14. The van der Waals surface area contributed by atoms with Crippen LogP contribution in [0.5, 0.6) is 0 Å². The predicted octanol–water partition coefficient (Wildman–Crippen LogP) is -3.19. The molecule has 2 heterocycles. The number of oxime groups is 1. The van der Waals surface area contributed by atoms with Crippen LogP contribution in [0.3, 0.4) is 0 Å². The molecule has 3 rings (SSSR count). The Morgan fingerprint density at radius 2 is 1.58 bits per heavy atom. The van der Waals surface area contributed by atoms with E-state index >= 15 is 0 Å². The van der Waals surface area contributed by atoms with Gasteiger partial charge in [-0.15, -0.1) is 0 Å². The lowest BCUT2D eigenvalue weighted by Gasteiger charge is -2.03. The van der Waals surface area contributed by atoms with Crippen LogP contribution in [0.25, 0.3) is 11.1 Å². The minimum Gasteiger partial charge on any atom is -1.00 e. The Bertz CT molecular complexity index is 839. The Hall–Kier alpha value is -1.55. The van der Waals surface area contributed by atoms with Crippen molar-refractivity contribution in [3.8, 4) is 11.1 Å². The molecule has 26 heavy (non-hydrogen) atoms. The molecule has 138 valence electrons. The van der Waals surface area contributed by atoms with E-state index < -0.39 is 0 Å². The number of nitrogens with zero attached hydrogens (tertiary/aromatic N) is 3. The molecule has 1 aromatic carbocycles. The summed E-state index contributed by atoms with van der Waals surface area (Å²) in [5.74, 6) is 0. The standard InChI is InChI=1S/C13H14N.C7H8N2O.2HI/c1-11-6-3-4-8-13(11)12-7-5-9-14(2)10-12;1-9-5-3-2-4-7(9)6-8-10;;/h3-10H,1-2H3;2-6H,1H3;2*1H/q+1;;;/p-1. The average molecular weight is 575 g/mol. The predicted molar refractivity (Wildman–Crippen MR) is 94.8 cm³/mol. The number of hydrogen-bond donors (Lipinski definition) is 1. The second-order valence-corrected chi connectivity index (χ2v) is 5.55. The van der Waals surface area contributed by atoms with E-state index in [0.717, 1.165) is 5.69 Å². The fraction of sp³-hybridized carbons (Fsp3) is 0.150. The van der Waals surface area contributed by atoms with E-state index in [1.165, 1.54) is 22.9 Å². The van der Waals surface area contributed by atoms with Crippen LogP contribution in [0.1, 0.15) is 11.3 Å². The van der Waals surface area contributed by atoms with Gasteiger partial charge >= 0.3 is 0 Å². The normalized spacial score (nSPS) is 9.50. The summed E-state index contributed by atoms with van der Waals surface area (Å²) < 4.78 is 3.93. The number of benzene rings is 1. The third kappa shape index (κ3) is 7.36. The molecule has 0 spiro atoms. The zero-order valence-corrected chi connectivity index (χ0v) is 19.4. The summed E-state index contributed by atoms with van der Waals surface area (Å²) in [5, 5.41) is 11.1. The highest BCUT2D eigenvalue weighted by molar-refractivity contribution is 5.74. The first-order chi connectivity index (χ1) is 11.6. The lowest BCUT2D eigenvalue weighted by atomic mass is 10.0. The van der Waals surface area contributed by atoms with E-state index in [2.05, 4.69) is 59.2 Å². The number of pyridine rings is 2. The van der Waals surface area contributed by atoms with Gasteiger partial charge in [0.25, 0.3) is 0 Å². The zero-order valence-electron chi connectivity index (χ0n) is 15.1. The van der Waals surface area contributed by atoms with Crippen LogP contribution in [0.15, 0.2) is 78.3 Å². The van der Waals surface area contributed by atoms with Gasteiger partial charge in [0.1, 0.15) is 20.3 Å². The number of halogens is 2. The number of aromatic nitrogens is 2. The minimum absolute atomic E-state index is 0. The summed E-state index contributed by atoms with van der Waals surface area (Å²) in [6.07, 6.45) is 7.46. The molecule has 0 amide bonds. The SMILES string of the molecule is C[n+]1ccccc1C=NO.Cc1ccccc1-c1ccc[n+](C)c1.[I-].[I-]. The maximum atomic E-state index is 8.20. The van der Waals surface area contributed by atoms with E-state index in [0.29, 0.717) is 0 Å². The molecule has 0 bridgehead atoms. The van der Waals surface area contributed by atoms with Gasteiger partial charge in [0.05, 0.1) is 0 Å². The van der Waals surface area contributed by atoms with Crippen LogP contribution in [-0.2, 0) is 14.1 Å². The van der Waals surface area contributed by atoms with Gasteiger partial charge in [-0.25, -0.2) is 9.13 Å². The van der Waals surface area contributed by atoms with Crippen molar-refractivity contribution in [2.24, 2.45) is 19.3 Å². The molecule has 0 aliphatic rings. The highest BCUT2D eigenvalue weighted by Crippen LogP contribution is 2.20. The highest BCUT2D eigenvalue weighted by Gasteiger charge is 2.03. The van der Waals surface area contributed by atoms with E-state index in [9.17, 15) is 0 Å². The first-order valence-electron chi connectivity index (χ1n) is 7.75. The van der Waals surface area contributed by atoms with Gasteiger partial charge in [-0.05, 0) is 30.2 Å². The largest absolute Gasteiger partial charge is 1.00 e. The first kappa shape index (κ1) is 24.5. The van der Waals surface area contributed by atoms with E-state index in [1.54, 1.807) is 0 Å². The van der Waals surface area contributed by atoms with Crippen molar-refractivity contribution < 1.29 is 62.3 Å². The smallest absolute Gasteiger partial charge is 0.226 e. The van der Waals surface area contributed by atoms with Gasteiger partial charge in [-0.2, -0.15) is 0 Å². The molecule has 6 heteroatoms. The number of rotatable bonds is 2. The van der Waals surface area contributed by atoms with Crippen molar-refractivity contribution in [3.63, 3.8) is 0 Å². The fourth-order valence-electron chi connectivity index (χ4n) is 2.37. The molecular formula is C20H23I2N3O. The zero-order chi connectivity index (χ0) is 17.4. The molecule has 4 nitrogen and oxygen atoms in total. The summed E-state index contributed by atoms with van der Waals surface area (Å²) in [5.41, 5.74) is 4.76. The van der Waals surface area contributed by atoms with E-state index in [4.69, 9.17) is 5.21 Å². The van der Waals surface area contributed by atoms with Crippen molar-refractivity contribution in [2.45, 2.75) is 6.92 Å². The van der Waals surface area contributed by atoms with Gasteiger partial charge in [-0.1, -0.05) is 29.4 Å². The summed E-state index contributed by atoms with van der Waals surface area (Å²) >= 11 is 0. The highest BCUT2D eigenvalue weighted by atomic mass is 127. The quantitative estimate of drug-likeness (QED) is 0.113. The second-order valence-electron chi connectivity index (χ2n) is 5.55.